The molecule has 1 aromatic rings. The lowest BCUT2D eigenvalue weighted by atomic mass is 9.51. The van der Waals surface area contributed by atoms with Crippen molar-refractivity contribution in [3.63, 3.8) is 0 Å². The van der Waals surface area contributed by atoms with E-state index in [1.807, 2.05) is 12.1 Å². The lowest BCUT2D eigenvalue weighted by Gasteiger charge is -2.61. The molecular formula is C21H28N2O3. The number of ether oxygens (including phenoxy) is 1. The number of nitrogens with zero attached hydrogens (tertiary/aromatic N) is 1. The summed E-state index contributed by atoms with van der Waals surface area (Å²) in [6.45, 7) is 2.78. The van der Waals surface area contributed by atoms with E-state index in [2.05, 4.69) is 29.3 Å². The fourth-order valence-corrected chi connectivity index (χ4v) is 6.68. The molecule has 2 N–H and O–H groups in total. The average Bonchev–Trinajstić information content (AvgIpc) is 2.90. The molecule has 6 rings (SSSR count). The summed E-state index contributed by atoms with van der Waals surface area (Å²) in [6, 6.07) is 8.36. The summed E-state index contributed by atoms with van der Waals surface area (Å²) >= 11 is 0. The van der Waals surface area contributed by atoms with E-state index < -0.39 is 5.60 Å². The quantitative estimate of drug-likeness (QED) is 0.875. The smallest absolute Gasteiger partial charge is 0.318 e. The van der Waals surface area contributed by atoms with Crippen molar-refractivity contribution >= 4 is 6.03 Å². The van der Waals surface area contributed by atoms with Crippen molar-refractivity contribution in [2.24, 2.45) is 17.8 Å². The van der Waals surface area contributed by atoms with Crippen LogP contribution in [0.4, 0.5) is 4.79 Å². The SMILES string of the molecule is COc1cccc(C2(C)CNC(=O)N2C2C3CC4CC2CC(O)(C4)C3)c1. The van der Waals surface area contributed by atoms with E-state index >= 15 is 0 Å². The van der Waals surface area contributed by atoms with Gasteiger partial charge in [0.1, 0.15) is 5.75 Å². The normalized spacial score (nSPS) is 43.7. The van der Waals surface area contributed by atoms with Crippen molar-refractivity contribution in [3.8, 4) is 5.75 Å². The van der Waals surface area contributed by atoms with Gasteiger partial charge in [-0.25, -0.2) is 4.79 Å². The van der Waals surface area contributed by atoms with Crippen LogP contribution in [0.5, 0.6) is 5.75 Å². The zero-order valence-electron chi connectivity index (χ0n) is 15.6. The van der Waals surface area contributed by atoms with E-state index in [0.717, 1.165) is 43.4 Å². The van der Waals surface area contributed by atoms with Crippen LogP contribution in [0.1, 0.15) is 44.6 Å². The Morgan fingerprint density at radius 3 is 2.62 bits per heavy atom. The molecule has 140 valence electrons. The number of rotatable bonds is 3. The monoisotopic (exact) mass is 356 g/mol. The highest BCUT2D eigenvalue weighted by atomic mass is 16.5. The van der Waals surface area contributed by atoms with Crippen LogP contribution in [0.25, 0.3) is 0 Å². The molecular weight excluding hydrogens is 328 g/mol. The van der Waals surface area contributed by atoms with E-state index in [1.54, 1.807) is 7.11 Å². The third kappa shape index (κ3) is 2.22. The molecule has 0 spiro atoms. The summed E-state index contributed by atoms with van der Waals surface area (Å²) in [5.74, 6) is 2.30. The maximum atomic E-state index is 12.9. The van der Waals surface area contributed by atoms with Crippen LogP contribution in [-0.4, -0.2) is 41.3 Å². The Balaban J connectivity index is 1.53. The molecule has 26 heavy (non-hydrogen) atoms. The number of methoxy groups -OCH3 is 1. The number of benzene rings is 1. The highest BCUT2D eigenvalue weighted by Crippen LogP contribution is 2.58. The van der Waals surface area contributed by atoms with Gasteiger partial charge in [-0.2, -0.15) is 0 Å². The molecule has 5 fully saturated rings. The van der Waals surface area contributed by atoms with Gasteiger partial charge in [-0.3, -0.25) is 0 Å². The first-order valence-corrected chi connectivity index (χ1v) is 9.86. The second-order valence-corrected chi connectivity index (χ2v) is 9.22. The largest absolute Gasteiger partial charge is 0.497 e. The predicted molar refractivity (Wildman–Crippen MR) is 97.9 cm³/mol. The van der Waals surface area contributed by atoms with Crippen LogP contribution in [0, 0.1) is 17.8 Å². The molecule has 5 nitrogen and oxygen atoms in total. The van der Waals surface area contributed by atoms with E-state index in [-0.39, 0.29) is 17.6 Å². The maximum Gasteiger partial charge on any atom is 0.318 e. The minimum absolute atomic E-state index is 0.0415. The van der Waals surface area contributed by atoms with Crippen molar-refractivity contribution in [3.05, 3.63) is 29.8 Å². The highest BCUT2D eigenvalue weighted by molar-refractivity contribution is 5.79. The molecule has 1 saturated heterocycles. The second-order valence-electron chi connectivity index (χ2n) is 9.22. The fraction of sp³-hybridized carbons (Fsp3) is 0.667. The van der Waals surface area contributed by atoms with E-state index in [9.17, 15) is 9.90 Å². The Kier molecular flexibility index (Phi) is 3.40. The minimum Gasteiger partial charge on any atom is -0.497 e. The molecule has 5 aliphatic rings. The Bertz CT molecular complexity index is 735. The molecule has 4 saturated carbocycles. The number of hydrogen-bond acceptors (Lipinski definition) is 3. The molecule has 1 heterocycles. The Morgan fingerprint density at radius 2 is 1.96 bits per heavy atom. The second kappa shape index (κ2) is 5.38. The summed E-state index contributed by atoms with van der Waals surface area (Å²) < 4.78 is 5.42. The van der Waals surface area contributed by atoms with E-state index in [4.69, 9.17) is 4.74 Å². The van der Waals surface area contributed by atoms with Gasteiger partial charge in [-0.05, 0) is 74.5 Å². The minimum atomic E-state index is -0.477. The highest BCUT2D eigenvalue weighted by Gasteiger charge is 2.60. The number of carbonyl (C=O) groups excluding carboxylic acids is 1. The molecule has 2 amide bonds. The topological polar surface area (TPSA) is 61.8 Å². The fourth-order valence-electron chi connectivity index (χ4n) is 6.68. The van der Waals surface area contributed by atoms with Crippen LogP contribution in [0.3, 0.4) is 0 Å². The lowest BCUT2D eigenvalue weighted by molar-refractivity contribution is -0.160. The van der Waals surface area contributed by atoms with Gasteiger partial charge >= 0.3 is 6.03 Å². The molecule has 0 aromatic heterocycles. The number of nitrogens with one attached hydrogen (secondary N) is 1. The van der Waals surface area contributed by atoms with Crippen LogP contribution in [0.15, 0.2) is 24.3 Å². The Labute approximate surface area is 154 Å². The van der Waals surface area contributed by atoms with E-state index in [1.165, 1.54) is 0 Å². The van der Waals surface area contributed by atoms with Crippen LogP contribution in [-0.2, 0) is 5.54 Å². The standard InChI is InChI=1S/C21H28N2O3/c1-20(16-4-3-5-17(8-16)26-2)12-22-19(24)23(20)18-14-6-13-7-15(18)11-21(25,9-13)10-14/h3-5,8,13-15,18,25H,6-7,9-12H2,1-2H3,(H,22,24). The van der Waals surface area contributed by atoms with Gasteiger partial charge in [0.2, 0.25) is 0 Å². The number of aliphatic hydroxyl groups is 1. The average molecular weight is 356 g/mol. The third-order valence-corrected chi connectivity index (χ3v) is 7.52. The van der Waals surface area contributed by atoms with Gasteiger partial charge in [-0.1, -0.05) is 12.1 Å². The van der Waals surface area contributed by atoms with Crippen molar-refractivity contribution in [1.29, 1.82) is 0 Å². The number of hydrogen-bond donors (Lipinski definition) is 2. The van der Waals surface area contributed by atoms with Crippen LogP contribution in [0.2, 0.25) is 0 Å². The maximum absolute atomic E-state index is 12.9. The number of urea groups is 1. The summed E-state index contributed by atoms with van der Waals surface area (Å²) in [6.07, 6.45) is 4.97. The Morgan fingerprint density at radius 1 is 1.23 bits per heavy atom. The van der Waals surface area contributed by atoms with E-state index in [0.29, 0.717) is 24.3 Å². The number of carbonyl (C=O) groups is 1. The molecule has 5 heteroatoms. The molecule has 3 atom stereocenters. The zero-order valence-corrected chi connectivity index (χ0v) is 15.6. The van der Waals surface area contributed by atoms with Crippen molar-refractivity contribution in [2.45, 2.75) is 56.2 Å². The first-order chi connectivity index (χ1) is 12.4. The van der Waals surface area contributed by atoms with Crippen molar-refractivity contribution in [1.82, 2.24) is 10.2 Å². The van der Waals surface area contributed by atoms with Gasteiger partial charge in [-0.15, -0.1) is 0 Å². The van der Waals surface area contributed by atoms with Gasteiger partial charge in [0, 0.05) is 12.6 Å². The summed E-state index contributed by atoms with van der Waals surface area (Å²) in [5.41, 5.74) is 0.256. The summed E-state index contributed by atoms with van der Waals surface area (Å²) in [5, 5.41) is 14.0. The molecule has 1 aromatic carbocycles. The van der Waals surface area contributed by atoms with Crippen LogP contribution < -0.4 is 10.1 Å². The number of amides is 2. The summed E-state index contributed by atoms with van der Waals surface area (Å²) in [7, 11) is 1.68. The molecule has 1 aliphatic heterocycles. The zero-order chi connectivity index (χ0) is 18.1. The van der Waals surface area contributed by atoms with Gasteiger partial charge in [0.15, 0.2) is 0 Å². The van der Waals surface area contributed by atoms with Gasteiger partial charge < -0.3 is 20.1 Å². The molecule has 4 aliphatic carbocycles. The Hall–Kier alpha value is -1.75. The molecule has 4 bridgehead atoms. The van der Waals surface area contributed by atoms with Crippen molar-refractivity contribution < 1.29 is 14.6 Å². The van der Waals surface area contributed by atoms with Crippen LogP contribution >= 0.6 is 0 Å². The predicted octanol–water partition coefficient (Wildman–Crippen LogP) is 2.88. The first kappa shape index (κ1) is 16.4. The summed E-state index contributed by atoms with van der Waals surface area (Å²) in [4.78, 5) is 15.1. The molecule has 3 unspecified atom stereocenters. The molecule has 0 radical (unpaired) electrons. The van der Waals surface area contributed by atoms with Gasteiger partial charge in [0.05, 0.1) is 18.2 Å². The van der Waals surface area contributed by atoms with Crippen molar-refractivity contribution in [2.75, 3.05) is 13.7 Å². The third-order valence-electron chi connectivity index (χ3n) is 7.52. The van der Waals surface area contributed by atoms with Gasteiger partial charge in [0.25, 0.3) is 0 Å². The first-order valence-electron chi connectivity index (χ1n) is 9.86. The lowest BCUT2D eigenvalue weighted by Crippen LogP contribution is -2.64.